The summed E-state index contributed by atoms with van der Waals surface area (Å²) in [6, 6.07) is 0. The Kier molecular flexibility index (Phi) is 59.9. The van der Waals surface area contributed by atoms with Gasteiger partial charge in [-0.2, -0.15) is 0 Å². The Morgan fingerprint density at radius 2 is 0.523 bits per heavy atom. The molecule has 0 aliphatic rings. The van der Waals surface area contributed by atoms with Gasteiger partial charge < -0.3 is 33.8 Å². The van der Waals surface area contributed by atoms with Gasteiger partial charge in [0.15, 0.2) is 12.2 Å². The molecule has 0 saturated heterocycles. The number of aliphatic hydroxyl groups is 1. The van der Waals surface area contributed by atoms with Gasteiger partial charge in [0.05, 0.1) is 26.4 Å². The number of phosphoric acid groups is 2. The van der Waals surface area contributed by atoms with E-state index in [9.17, 15) is 43.2 Å². The third kappa shape index (κ3) is 62.8. The number of aliphatic hydroxyl groups excluding tert-OH is 1. The van der Waals surface area contributed by atoms with Crippen LogP contribution in [0, 0.1) is 11.8 Å². The van der Waals surface area contributed by atoms with Crippen molar-refractivity contribution in [3.63, 3.8) is 0 Å². The zero-order valence-electron chi connectivity index (χ0n) is 57.0. The van der Waals surface area contributed by atoms with E-state index in [4.69, 9.17) is 37.0 Å². The molecule has 0 aromatic rings. The lowest BCUT2D eigenvalue weighted by molar-refractivity contribution is -0.161. The second-order valence-electron chi connectivity index (χ2n) is 25.9. The summed E-state index contributed by atoms with van der Waals surface area (Å²) in [6.45, 7) is 9.42. The number of rotatable bonds is 68. The van der Waals surface area contributed by atoms with E-state index >= 15 is 0 Å². The van der Waals surface area contributed by atoms with Crippen molar-refractivity contribution in [1.82, 2.24) is 0 Å². The van der Waals surface area contributed by atoms with E-state index in [1.807, 2.05) is 0 Å². The Hall–Kier alpha value is -1.94. The first-order valence-electron chi connectivity index (χ1n) is 36.0. The van der Waals surface area contributed by atoms with Crippen LogP contribution in [0.25, 0.3) is 0 Å². The average molecular weight is 1300 g/mol. The van der Waals surface area contributed by atoms with E-state index in [0.29, 0.717) is 31.6 Å². The summed E-state index contributed by atoms with van der Waals surface area (Å²) in [6.07, 6.45) is 45.9. The summed E-state index contributed by atoms with van der Waals surface area (Å²) in [5.41, 5.74) is 0. The van der Waals surface area contributed by atoms with Crippen molar-refractivity contribution in [3.8, 4) is 0 Å². The van der Waals surface area contributed by atoms with Gasteiger partial charge in [0.25, 0.3) is 0 Å². The number of carbonyl (C=O) groups is 4. The Labute approximate surface area is 537 Å². The molecule has 17 nitrogen and oxygen atoms in total. The molecule has 0 aromatic heterocycles. The predicted octanol–water partition coefficient (Wildman–Crippen LogP) is 19.6. The SMILES string of the molecule is CCCCCCCCCCCCCCCCCC(=O)O[C@H](COC(=O)CCCCCCCCCCCCCCC)COP(=O)(O)OC[C@@H](O)COP(=O)(O)OC[C@@H](COC(=O)CCCCCCCCC(C)C)OC(=O)CCCCCCCCCCC(C)C. The van der Waals surface area contributed by atoms with Crippen LogP contribution in [0.2, 0.25) is 0 Å². The second-order valence-corrected chi connectivity index (χ2v) is 28.8. The third-order valence-electron chi connectivity index (χ3n) is 16.0. The fraction of sp³-hybridized carbons (Fsp3) is 0.942. The summed E-state index contributed by atoms with van der Waals surface area (Å²) in [4.78, 5) is 72.4. The fourth-order valence-electron chi connectivity index (χ4n) is 10.4. The largest absolute Gasteiger partial charge is 0.472 e. The van der Waals surface area contributed by atoms with Crippen molar-refractivity contribution in [1.29, 1.82) is 0 Å². The zero-order chi connectivity index (χ0) is 65.0. The second kappa shape index (κ2) is 61.3. The van der Waals surface area contributed by atoms with Gasteiger partial charge in [0.1, 0.15) is 19.3 Å². The molecule has 0 spiro atoms. The van der Waals surface area contributed by atoms with Crippen LogP contribution in [-0.4, -0.2) is 96.7 Å². The van der Waals surface area contributed by atoms with Crippen molar-refractivity contribution in [3.05, 3.63) is 0 Å². The van der Waals surface area contributed by atoms with Gasteiger partial charge in [-0.3, -0.25) is 37.3 Å². The highest BCUT2D eigenvalue weighted by Gasteiger charge is 2.30. The number of esters is 4. The van der Waals surface area contributed by atoms with Crippen LogP contribution in [0.15, 0.2) is 0 Å². The molecule has 0 heterocycles. The monoisotopic (exact) mass is 1300 g/mol. The van der Waals surface area contributed by atoms with Crippen LogP contribution in [0.5, 0.6) is 0 Å². The van der Waals surface area contributed by atoms with E-state index in [1.54, 1.807) is 0 Å². The Morgan fingerprint density at radius 3 is 0.773 bits per heavy atom. The molecule has 0 aromatic carbocycles. The summed E-state index contributed by atoms with van der Waals surface area (Å²) < 4.78 is 68.2. The van der Waals surface area contributed by atoms with Gasteiger partial charge >= 0.3 is 39.5 Å². The lowest BCUT2D eigenvalue weighted by Crippen LogP contribution is -2.30. The molecule has 88 heavy (non-hydrogen) atoms. The third-order valence-corrected chi connectivity index (χ3v) is 17.9. The van der Waals surface area contributed by atoms with Gasteiger partial charge in [0, 0.05) is 25.7 Å². The number of hydrogen-bond acceptors (Lipinski definition) is 15. The van der Waals surface area contributed by atoms with Crippen molar-refractivity contribution in [2.45, 2.75) is 368 Å². The average Bonchev–Trinajstić information content (AvgIpc) is 3.70. The summed E-state index contributed by atoms with van der Waals surface area (Å²) in [5.74, 6) is -0.730. The molecule has 522 valence electrons. The summed E-state index contributed by atoms with van der Waals surface area (Å²) >= 11 is 0. The molecule has 0 radical (unpaired) electrons. The summed E-state index contributed by atoms with van der Waals surface area (Å²) in [7, 11) is -9.90. The van der Waals surface area contributed by atoms with Gasteiger partial charge in [-0.25, -0.2) is 9.13 Å². The molecule has 3 N–H and O–H groups in total. The molecule has 0 saturated carbocycles. The van der Waals surface area contributed by atoms with Crippen LogP contribution in [0.1, 0.15) is 350 Å². The lowest BCUT2D eigenvalue weighted by Gasteiger charge is -2.21. The standard InChI is InChI=1S/C69H134O17P2/c1-7-9-11-13-15-17-19-21-22-24-26-28-33-41-47-53-68(73)85-64(57-79-66(71)51-45-39-32-27-25-23-20-18-16-14-12-10-8-2)59-83-87(75,76)81-55-63(70)56-82-88(77,78)84-60-65(58-80-67(72)52-46-40-36-35-38-44-50-62(5)6)86-69(74)54-48-42-34-30-29-31-37-43-49-61(3)4/h61-65,70H,7-60H2,1-6H3,(H,75,76)(H,77,78)/t63-,64-,65-/m1/s1. The molecule has 0 rings (SSSR count). The molecular weight excluding hydrogens is 1160 g/mol. The summed E-state index contributed by atoms with van der Waals surface area (Å²) in [5, 5.41) is 10.6. The zero-order valence-corrected chi connectivity index (χ0v) is 58.8. The highest BCUT2D eigenvalue weighted by molar-refractivity contribution is 7.47. The molecule has 2 unspecified atom stereocenters. The Balaban J connectivity index is 5.24. The minimum atomic E-state index is -4.95. The smallest absolute Gasteiger partial charge is 0.462 e. The van der Waals surface area contributed by atoms with Gasteiger partial charge in [-0.05, 0) is 37.5 Å². The molecular formula is C69H134O17P2. The normalized spacial score (nSPS) is 14.2. The maximum atomic E-state index is 13.0. The van der Waals surface area contributed by atoms with E-state index in [2.05, 4.69) is 41.5 Å². The predicted molar refractivity (Wildman–Crippen MR) is 354 cm³/mol. The van der Waals surface area contributed by atoms with Crippen molar-refractivity contribution >= 4 is 39.5 Å². The fourth-order valence-corrected chi connectivity index (χ4v) is 12.0. The van der Waals surface area contributed by atoms with Crippen molar-refractivity contribution < 1.29 is 80.2 Å². The van der Waals surface area contributed by atoms with Gasteiger partial charge in [-0.1, -0.05) is 298 Å². The number of carbonyl (C=O) groups excluding carboxylic acids is 4. The first-order chi connectivity index (χ1) is 42.4. The van der Waals surface area contributed by atoms with Crippen LogP contribution in [0.4, 0.5) is 0 Å². The minimum absolute atomic E-state index is 0.103. The van der Waals surface area contributed by atoms with Gasteiger partial charge in [0.2, 0.25) is 0 Å². The van der Waals surface area contributed by atoms with E-state index in [-0.39, 0.29) is 25.7 Å². The lowest BCUT2D eigenvalue weighted by atomic mass is 10.0. The van der Waals surface area contributed by atoms with E-state index in [1.165, 1.54) is 161 Å². The molecule has 5 atom stereocenters. The van der Waals surface area contributed by atoms with Crippen molar-refractivity contribution in [2.24, 2.45) is 11.8 Å². The van der Waals surface area contributed by atoms with E-state index < -0.39 is 97.5 Å². The maximum absolute atomic E-state index is 13.0. The number of hydrogen-bond donors (Lipinski definition) is 3. The molecule has 0 amide bonds. The molecule has 0 aliphatic carbocycles. The Bertz CT molecular complexity index is 1720. The van der Waals surface area contributed by atoms with Crippen LogP contribution >= 0.6 is 15.6 Å². The molecule has 0 fully saturated rings. The highest BCUT2D eigenvalue weighted by Crippen LogP contribution is 2.45. The highest BCUT2D eigenvalue weighted by atomic mass is 31.2. The topological polar surface area (TPSA) is 237 Å². The van der Waals surface area contributed by atoms with Crippen LogP contribution < -0.4 is 0 Å². The number of phosphoric ester groups is 2. The van der Waals surface area contributed by atoms with Crippen LogP contribution in [0.3, 0.4) is 0 Å². The first kappa shape index (κ1) is 86.1. The van der Waals surface area contributed by atoms with Crippen molar-refractivity contribution in [2.75, 3.05) is 39.6 Å². The van der Waals surface area contributed by atoms with E-state index in [0.717, 1.165) is 102 Å². The first-order valence-corrected chi connectivity index (χ1v) is 39.0. The minimum Gasteiger partial charge on any atom is -0.462 e. The number of unbranched alkanes of at least 4 members (excludes halogenated alkanes) is 38. The number of ether oxygens (including phenoxy) is 4. The Morgan fingerprint density at radius 1 is 0.307 bits per heavy atom. The molecule has 0 aliphatic heterocycles. The van der Waals surface area contributed by atoms with Gasteiger partial charge in [-0.15, -0.1) is 0 Å². The quantitative estimate of drug-likeness (QED) is 0.0222. The molecule has 0 bridgehead atoms. The maximum Gasteiger partial charge on any atom is 0.472 e. The molecule has 19 heteroatoms. The van der Waals surface area contributed by atoms with Crippen LogP contribution in [-0.2, 0) is 65.4 Å².